The Labute approximate surface area is 62.9 Å². The normalized spacial score (nSPS) is 12.6. The zero-order valence-corrected chi connectivity index (χ0v) is 7.09. The lowest BCUT2D eigenvalue weighted by molar-refractivity contribution is -0.0476. The van der Waals surface area contributed by atoms with Crippen molar-refractivity contribution in [3.05, 3.63) is 0 Å². The largest absolute Gasteiger partial charge is 0.368 e. The molecule has 0 aromatic heterocycles. The maximum atomic E-state index is 8.50. The minimum atomic E-state index is -1.12. The van der Waals surface area contributed by atoms with E-state index in [4.69, 9.17) is 10.2 Å². The molecule has 0 aliphatic heterocycles. The second-order valence-corrected chi connectivity index (χ2v) is 3.93. The van der Waals surface area contributed by atoms with Gasteiger partial charge in [-0.1, -0.05) is 20.8 Å². The van der Waals surface area contributed by atoms with E-state index in [0.717, 1.165) is 12.8 Å². The quantitative estimate of drug-likeness (QED) is 0.592. The molecule has 2 N–H and O–H groups in total. The van der Waals surface area contributed by atoms with Gasteiger partial charge in [0.25, 0.3) is 0 Å². The molecule has 0 rings (SSSR count). The summed E-state index contributed by atoms with van der Waals surface area (Å²) in [5, 5.41) is 17.0. The van der Waals surface area contributed by atoms with Crippen molar-refractivity contribution in [3.63, 3.8) is 0 Å². The average molecular weight is 146 g/mol. The summed E-state index contributed by atoms with van der Waals surface area (Å²) in [6.07, 6.45) is 1.31. The molecule has 0 aliphatic carbocycles. The number of hydrogen-bond donors (Lipinski definition) is 2. The van der Waals surface area contributed by atoms with Gasteiger partial charge in [-0.3, -0.25) is 0 Å². The van der Waals surface area contributed by atoms with Gasteiger partial charge in [0.05, 0.1) is 0 Å². The Bertz CT molecular complexity index is 81.7. The predicted octanol–water partition coefficient (Wildman–Crippen LogP) is 1.51. The van der Waals surface area contributed by atoms with Gasteiger partial charge in [-0.15, -0.1) is 0 Å². The fraction of sp³-hybridized carbons (Fsp3) is 1.00. The highest BCUT2D eigenvalue weighted by Crippen LogP contribution is 2.21. The molecule has 0 unspecified atom stereocenters. The van der Waals surface area contributed by atoms with Gasteiger partial charge in [0.2, 0.25) is 0 Å². The van der Waals surface area contributed by atoms with Gasteiger partial charge in [-0.2, -0.15) is 0 Å². The van der Waals surface area contributed by atoms with Crippen LogP contribution in [0.3, 0.4) is 0 Å². The van der Waals surface area contributed by atoms with E-state index >= 15 is 0 Å². The van der Waals surface area contributed by atoms with E-state index in [1.165, 1.54) is 0 Å². The summed E-state index contributed by atoms with van der Waals surface area (Å²) in [7, 11) is 0. The summed E-state index contributed by atoms with van der Waals surface area (Å²) >= 11 is 0. The van der Waals surface area contributed by atoms with E-state index in [2.05, 4.69) is 20.8 Å². The Morgan fingerprint density at radius 2 is 1.70 bits per heavy atom. The molecule has 0 bridgehead atoms. The van der Waals surface area contributed by atoms with Crippen LogP contribution in [-0.2, 0) is 0 Å². The maximum Gasteiger partial charge on any atom is 0.151 e. The molecule has 0 aliphatic rings. The van der Waals surface area contributed by atoms with Crippen LogP contribution in [0.4, 0.5) is 0 Å². The van der Waals surface area contributed by atoms with Crippen LogP contribution in [0.5, 0.6) is 0 Å². The summed E-state index contributed by atoms with van der Waals surface area (Å²) < 4.78 is 0. The fourth-order valence-corrected chi connectivity index (χ4v) is 0.815. The summed E-state index contributed by atoms with van der Waals surface area (Å²) in [5.41, 5.74) is 0.314. The third kappa shape index (κ3) is 7.92. The molecule has 0 atom stereocenters. The molecule has 0 heterocycles. The van der Waals surface area contributed by atoms with E-state index in [9.17, 15) is 0 Å². The monoisotopic (exact) mass is 146 g/mol. The second kappa shape index (κ2) is 3.94. The Hall–Kier alpha value is -0.0800. The van der Waals surface area contributed by atoms with Gasteiger partial charge >= 0.3 is 0 Å². The first-order valence-corrected chi connectivity index (χ1v) is 3.78. The number of rotatable bonds is 3. The average Bonchev–Trinajstić information content (AvgIpc) is 1.59. The van der Waals surface area contributed by atoms with Crippen molar-refractivity contribution in [2.24, 2.45) is 5.41 Å². The summed E-state index contributed by atoms with van der Waals surface area (Å²) in [5.74, 6) is 0. The van der Waals surface area contributed by atoms with Gasteiger partial charge in [0.1, 0.15) is 0 Å². The van der Waals surface area contributed by atoms with Crippen LogP contribution in [-0.4, -0.2) is 16.5 Å². The summed E-state index contributed by atoms with van der Waals surface area (Å²) in [4.78, 5) is 0. The van der Waals surface area contributed by atoms with E-state index in [1.54, 1.807) is 0 Å². The van der Waals surface area contributed by atoms with Crippen LogP contribution in [0.15, 0.2) is 0 Å². The zero-order valence-electron chi connectivity index (χ0n) is 7.09. The minimum Gasteiger partial charge on any atom is -0.368 e. The molecule has 0 amide bonds. The molecular formula is C8H18O2. The lowest BCUT2D eigenvalue weighted by atomic mass is 9.90. The van der Waals surface area contributed by atoms with Gasteiger partial charge in [0, 0.05) is 0 Å². The van der Waals surface area contributed by atoms with Gasteiger partial charge < -0.3 is 10.2 Å². The highest BCUT2D eigenvalue weighted by molar-refractivity contribution is 4.60. The summed E-state index contributed by atoms with van der Waals surface area (Å²) in [6, 6.07) is 0. The molecule has 0 radical (unpaired) electrons. The Kier molecular flexibility index (Phi) is 3.91. The Balaban J connectivity index is 3.21. The molecule has 62 valence electrons. The third-order valence-corrected chi connectivity index (χ3v) is 1.39. The molecule has 0 saturated carbocycles. The van der Waals surface area contributed by atoms with Crippen LogP contribution < -0.4 is 0 Å². The Morgan fingerprint density at radius 3 is 2.00 bits per heavy atom. The van der Waals surface area contributed by atoms with Crippen molar-refractivity contribution in [1.29, 1.82) is 0 Å². The summed E-state index contributed by atoms with van der Waals surface area (Å²) in [6.45, 7) is 6.45. The lowest BCUT2D eigenvalue weighted by Gasteiger charge is -2.17. The van der Waals surface area contributed by atoms with Gasteiger partial charge in [-0.05, 0) is 24.7 Å². The van der Waals surface area contributed by atoms with Crippen molar-refractivity contribution in [3.8, 4) is 0 Å². The second-order valence-electron chi connectivity index (χ2n) is 3.93. The van der Waals surface area contributed by atoms with Crippen molar-refractivity contribution >= 4 is 0 Å². The topological polar surface area (TPSA) is 40.5 Å². The first-order valence-electron chi connectivity index (χ1n) is 3.78. The van der Waals surface area contributed by atoms with Crippen molar-refractivity contribution in [1.82, 2.24) is 0 Å². The first-order chi connectivity index (χ1) is 4.42. The smallest absolute Gasteiger partial charge is 0.151 e. The first kappa shape index (κ1) is 9.92. The fourth-order valence-electron chi connectivity index (χ4n) is 0.815. The molecule has 2 nitrogen and oxygen atoms in total. The molecule has 10 heavy (non-hydrogen) atoms. The van der Waals surface area contributed by atoms with Crippen LogP contribution in [0.1, 0.15) is 40.0 Å². The molecule has 0 spiro atoms. The van der Waals surface area contributed by atoms with Crippen LogP contribution in [0, 0.1) is 5.41 Å². The predicted molar refractivity (Wildman–Crippen MR) is 41.5 cm³/mol. The van der Waals surface area contributed by atoms with E-state index in [0.29, 0.717) is 11.8 Å². The van der Waals surface area contributed by atoms with E-state index < -0.39 is 6.29 Å². The van der Waals surface area contributed by atoms with Crippen LogP contribution in [0.25, 0.3) is 0 Å². The van der Waals surface area contributed by atoms with E-state index in [1.807, 2.05) is 0 Å². The van der Waals surface area contributed by atoms with Crippen molar-refractivity contribution < 1.29 is 10.2 Å². The number of aliphatic hydroxyl groups excluding tert-OH is 1. The highest BCUT2D eigenvalue weighted by atomic mass is 16.5. The third-order valence-electron chi connectivity index (χ3n) is 1.39. The molecular weight excluding hydrogens is 128 g/mol. The molecule has 2 heteroatoms. The molecule has 0 aromatic rings. The standard InChI is InChI=1S/C8H18O2/c1-8(2,3)6-4-5-7(9)10/h7,9-10H,4-6H2,1-3H3. The lowest BCUT2D eigenvalue weighted by Crippen LogP contribution is -2.08. The van der Waals surface area contributed by atoms with Crippen LogP contribution in [0.2, 0.25) is 0 Å². The zero-order chi connectivity index (χ0) is 8.20. The van der Waals surface area contributed by atoms with Gasteiger partial charge in [-0.25, -0.2) is 0 Å². The van der Waals surface area contributed by atoms with Crippen molar-refractivity contribution in [2.45, 2.75) is 46.3 Å². The van der Waals surface area contributed by atoms with E-state index in [-0.39, 0.29) is 0 Å². The number of hydrogen-bond acceptors (Lipinski definition) is 2. The SMILES string of the molecule is CC(C)(C)CCCC(O)O. The molecule has 0 saturated heterocycles. The van der Waals surface area contributed by atoms with Crippen LogP contribution >= 0.6 is 0 Å². The number of aliphatic hydroxyl groups is 2. The molecule has 0 aromatic carbocycles. The Morgan fingerprint density at radius 1 is 1.20 bits per heavy atom. The maximum absolute atomic E-state index is 8.50. The van der Waals surface area contributed by atoms with Crippen molar-refractivity contribution in [2.75, 3.05) is 0 Å². The molecule has 0 fully saturated rings. The highest BCUT2D eigenvalue weighted by Gasteiger charge is 2.09. The van der Waals surface area contributed by atoms with Gasteiger partial charge in [0.15, 0.2) is 6.29 Å². The minimum absolute atomic E-state index is 0.314.